The molecule has 0 spiro atoms. The molecule has 0 fully saturated rings. The Bertz CT molecular complexity index is 351. The molecular formula is C11H11O2-. The molecule has 0 aliphatic carbocycles. The van der Waals surface area contributed by atoms with Crippen LogP contribution < -0.4 is 5.11 Å². The molecule has 0 N–H and O–H groups in total. The van der Waals surface area contributed by atoms with Gasteiger partial charge in [0.2, 0.25) is 0 Å². The molecule has 0 aromatic heterocycles. The maximum absolute atomic E-state index is 10.6. The van der Waals surface area contributed by atoms with Crippen LogP contribution in [-0.2, 0) is 0 Å². The third-order valence-corrected chi connectivity index (χ3v) is 1.69. The van der Waals surface area contributed by atoms with Crippen molar-refractivity contribution in [3.05, 3.63) is 41.0 Å². The van der Waals surface area contributed by atoms with Crippen LogP contribution in [0.3, 0.4) is 0 Å². The van der Waals surface area contributed by atoms with Crippen LogP contribution in [-0.4, -0.2) is 5.97 Å². The molecule has 13 heavy (non-hydrogen) atoms. The van der Waals surface area contributed by atoms with Crippen molar-refractivity contribution in [3.8, 4) is 0 Å². The Morgan fingerprint density at radius 2 is 2.08 bits per heavy atom. The van der Waals surface area contributed by atoms with Crippen LogP contribution in [0.2, 0.25) is 0 Å². The number of carboxylic acid groups (broad SMARTS) is 1. The van der Waals surface area contributed by atoms with Crippen LogP contribution in [0.5, 0.6) is 0 Å². The molecule has 0 aliphatic rings. The Labute approximate surface area is 77.5 Å². The summed E-state index contributed by atoms with van der Waals surface area (Å²) in [5.74, 6) is -1.13. The van der Waals surface area contributed by atoms with Crippen molar-refractivity contribution in [1.82, 2.24) is 0 Å². The van der Waals surface area contributed by atoms with E-state index in [1.54, 1.807) is 12.1 Å². The molecular weight excluding hydrogens is 164 g/mol. The number of hydrogen-bond acceptors (Lipinski definition) is 2. The van der Waals surface area contributed by atoms with Gasteiger partial charge in [0.05, 0.1) is 5.97 Å². The minimum absolute atomic E-state index is 0.230. The SMILES string of the molecule is CC=Cc1cc(C)cc(C(=O)[O-])c1. The third kappa shape index (κ3) is 2.44. The quantitative estimate of drug-likeness (QED) is 0.681. The zero-order valence-electron chi connectivity index (χ0n) is 7.70. The Kier molecular flexibility index (Phi) is 2.85. The van der Waals surface area contributed by atoms with Crippen LogP contribution in [0.4, 0.5) is 0 Å². The van der Waals surface area contributed by atoms with Gasteiger partial charge < -0.3 is 9.90 Å². The summed E-state index contributed by atoms with van der Waals surface area (Å²) < 4.78 is 0. The second kappa shape index (κ2) is 3.90. The van der Waals surface area contributed by atoms with E-state index in [2.05, 4.69) is 0 Å². The van der Waals surface area contributed by atoms with Crippen LogP contribution in [0, 0.1) is 6.92 Å². The summed E-state index contributed by atoms with van der Waals surface area (Å²) >= 11 is 0. The molecule has 0 saturated heterocycles. The summed E-state index contributed by atoms with van der Waals surface area (Å²) in [6.07, 6.45) is 3.73. The summed E-state index contributed by atoms with van der Waals surface area (Å²) in [5.41, 5.74) is 2.05. The van der Waals surface area contributed by atoms with E-state index < -0.39 is 5.97 Å². The van der Waals surface area contributed by atoms with Crippen molar-refractivity contribution in [3.63, 3.8) is 0 Å². The number of allylic oxidation sites excluding steroid dienone is 1. The Morgan fingerprint density at radius 1 is 1.38 bits per heavy atom. The fourth-order valence-corrected chi connectivity index (χ4v) is 1.22. The highest BCUT2D eigenvalue weighted by atomic mass is 16.4. The maximum atomic E-state index is 10.6. The summed E-state index contributed by atoms with van der Waals surface area (Å²) in [6.45, 7) is 3.75. The van der Waals surface area contributed by atoms with Gasteiger partial charge in [-0.2, -0.15) is 0 Å². The van der Waals surface area contributed by atoms with Gasteiger partial charge >= 0.3 is 0 Å². The standard InChI is InChI=1S/C11H12O2/c1-3-4-9-5-8(2)6-10(7-9)11(12)13/h3-7H,1-2H3,(H,12,13)/p-1. The van der Waals surface area contributed by atoms with Gasteiger partial charge in [-0.15, -0.1) is 0 Å². The monoisotopic (exact) mass is 175 g/mol. The molecule has 0 heterocycles. The largest absolute Gasteiger partial charge is 0.545 e. The number of rotatable bonds is 2. The first-order chi connectivity index (χ1) is 6.13. The number of carbonyl (C=O) groups is 1. The van der Waals surface area contributed by atoms with E-state index >= 15 is 0 Å². The molecule has 0 unspecified atom stereocenters. The first kappa shape index (κ1) is 9.52. The lowest BCUT2D eigenvalue weighted by Gasteiger charge is -2.05. The Balaban J connectivity index is 3.18. The van der Waals surface area contributed by atoms with E-state index in [1.807, 2.05) is 32.1 Å². The average Bonchev–Trinajstić information content (AvgIpc) is 2.03. The van der Waals surface area contributed by atoms with Crippen molar-refractivity contribution in [2.24, 2.45) is 0 Å². The normalized spacial score (nSPS) is 10.6. The van der Waals surface area contributed by atoms with E-state index in [1.165, 1.54) is 0 Å². The molecule has 1 aromatic rings. The predicted molar refractivity (Wildman–Crippen MR) is 50.2 cm³/mol. The predicted octanol–water partition coefficient (Wildman–Crippen LogP) is 1.39. The number of carboxylic acids is 1. The highest BCUT2D eigenvalue weighted by Gasteiger charge is 1.96. The van der Waals surface area contributed by atoms with Crippen LogP contribution in [0.15, 0.2) is 24.3 Å². The second-order valence-corrected chi connectivity index (χ2v) is 2.92. The van der Waals surface area contributed by atoms with E-state index in [9.17, 15) is 9.90 Å². The average molecular weight is 175 g/mol. The molecule has 1 aromatic carbocycles. The zero-order chi connectivity index (χ0) is 9.84. The number of aryl methyl sites for hydroxylation is 1. The minimum atomic E-state index is -1.13. The molecule has 0 atom stereocenters. The van der Waals surface area contributed by atoms with Crippen molar-refractivity contribution >= 4 is 12.0 Å². The van der Waals surface area contributed by atoms with Gasteiger partial charge in [0.1, 0.15) is 0 Å². The highest BCUT2D eigenvalue weighted by molar-refractivity contribution is 5.86. The summed E-state index contributed by atoms with van der Waals surface area (Å²) in [7, 11) is 0. The minimum Gasteiger partial charge on any atom is -0.545 e. The van der Waals surface area contributed by atoms with Gasteiger partial charge in [0, 0.05) is 0 Å². The van der Waals surface area contributed by atoms with Gasteiger partial charge in [0.15, 0.2) is 0 Å². The summed E-state index contributed by atoms with van der Waals surface area (Å²) in [6, 6.07) is 5.12. The van der Waals surface area contributed by atoms with Crippen LogP contribution in [0.1, 0.15) is 28.4 Å². The first-order valence-corrected chi connectivity index (χ1v) is 4.09. The number of hydrogen-bond donors (Lipinski definition) is 0. The second-order valence-electron chi connectivity index (χ2n) is 2.92. The molecule has 0 saturated carbocycles. The van der Waals surface area contributed by atoms with Gasteiger partial charge in [0.25, 0.3) is 0 Å². The molecule has 0 radical (unpaired) electrons. The molecule has 2 heteroatoms. The Morgan fingerprint density at radius 3 is 2.62 bits per heavy atom. The number of benzene rings is 1. The third-order valence-electron chi connectivity index (χ3n) is 1.69. The van der Waals surface area contributed by atoms with Crippen molar-refractivity contribution in [1.29, 1.82) is 0 Å². The zero-order valence-corrected chi connectivity index (χ0v) is 7.70. The van der Waals surface area contributed by atoms with Crippen molar-refractivity contribution < 1.29 is 9.90 Å². The number of aromatic carboxylic acids is 1. The Hall–Kier alpha value is -1.57. The molecule has 0 bridgehead atoms. The smallest absolute Gasteiger partial charge is 0.0715 e. The highest BCUT2D eigenvalue weighted by Crippen LogP contribution is 2.10. The summed E-state index contributed by atoms with van der Waals surface area (Å²) in [4.78, 5) is 10.6. The number of carbonyl (C=O) groups excluding carboxylic acids is 1. The topological polar surface area (TPSA) is 40.1 Å². The lowest BCUT2D eigenvalue weighted by Crippen LogP contribution is -2.22. The summed E-state index contributed by atoms with van der Waals surface area (Å²) in [5, 5.41) is 10.6. The van der Waals surface area contributed by atoms with E-state index in [0.717, 1.165) is 11.1 Å². The molecule has 0 aliphatic heterocycles. The van der Waals surface area contributed by atoms with Crippen LogP contribution >= 0.6 is 0 Å². The molecule has 1 rings (SSSR count). The van der Waals surface area contributed by atoms with E-state index in [-0.39, 0.29) is 5.56 Å². The van der Waals surface area contributed by atoms with Gasteiger partial charge in [-0.1, -0.05) is 24.3 Å². The molecule has 2 nitrogen and oxygen atoms in total. The lowest BCUT2D eigenvalue weighted by atomic mass is 10.1. The van der Waals surface area contributed by atoms with E-state index in [0.29, 0.717) is 0 Å². The van der Waals surface area contributed by atoms with Crippen LogP contribution in [0.25, 0.3) is 6.08 Å². The molecule has 68 valence electrons. The maximum Gasteiger partial charge on any atom is 0.0715 e. The fourth-order valence-electron chi connectivity index (χ4n) is 1.22. The van der Waals surface area contributed by atoms with Crippen molar-refractivity contribution in [2.45, 2.75) is 13.8 Å². The van der Waals surface area contributed by atoms with E-state index in [4.69, 9.17) is 0 Å². The van der Waals surface area contributed by atoms with Crippen molar-refractivity contribution in [2.75, 3.05) is 0 Å². The fraction of sp³-hybridized carbons (Fsp3) is 0.182. The van der Waals surface area contributed by atoms with Gasteiger partial charge in [-0.3, -0.25) is 0 Å². The lowest BCUT2D eigenvalue weighted by molar-refractivity contribution is -0.255. The van der Waals surface area contributed by atoms with Gasteiger partial charge in [-0.25, -0.2) is 0 Å². The first-order valence-electron chi connectivity index (χ1n) is 4.09. The molecule has 0 amide bonds. The van der Waals surface area contributed by atoms with Gasteiger partial charge in [-0.05, 0) is 36.6 Å².